The summed E-state index contributed by atoms with van der Waals surface area (Å²) in [6, 6.07) is 5.63. The van der Waals surface area contributed by atoms with Crippen molar-refractivity contribution < 1.29 is 4.74 Å². The molecule has 0 aliphatic rings. The fraction of sp³-hybridized carbons (Fsp3) is 0.308. The van der Waals surface area contributed by atoms with Gasteiger partial charge in [-0.15, -0.1) is 0 Å². The van der Waals surface area contributed by atoms with Crippen LogP contribution in [0, 0.1) is 0 Å². The van der Waals surface area contributed by atoms with Crippen molar-refractivity contribution in [2.24, 2.45) is 0 Å². The Balaban J connectivity index is 2.27. The second kappa shape index (κ2) is 7.15. The zero-order valence-electron chi connectivity index (χ0n) is 11.7. The number of halogens is 2. The topological polar surface area (TPSA) is 59.9 Å². The Labute approximate surface area is 137 Å². The molecule has 0 spiro atoms. The van der Waals surface area contributed by atoms with Crippen LogP contribution in [-0.4, -0.2) is 28.1 Å². The Morgan fingerprint density at radius 1 is 1.14 bits per heavy atom. The fourth-order valence-electron chi connectivity index (χ4n) is 1.40. The molecule has 1 aromatic carbocycles. The van der Waals surface area contributed by atoms with E-state index in [4.69, 9.17) is 27.9 Å². The first-order valence-electron chi connectivity index (χ1n) is 6.21. The molecular formula is C13H14Cl2N4OS. The van der Waals surface area contributed by atoms with E-state index in [1.165, 1.54) is 11.8 Å². The molecule has 0 aliphatic carbocycles. The van der Waals surface area contributed by atoms with E-state index >= 15 is 0 Å². The quantitative estimate of drug-likeness (QED) is 0.878. The monoisotopic (exact) mass is 344 g/mol. The van der Waals surface area contributed by atoms with E-state index in [-0.39, 0.29) is 12.1 Å². The number of ether oxygens (including phenoxy) is 1. The number of aromatic nitrogens is 3. The van der Waals surface area contributed by atoms with Gasteiger partial charge in [0.15, 0.2) is 0 Å². The van der Waals surface area contributed by atoms with Gasteiger partial charge in [-0.25, -0.2) is 0 Å². The minimum absolute atomic E-state index is 0.0140. The number of nitrogens with zero attached hydrogens (tertiary/aromatic N) is 3. The molecule has 112 valence electrons. The van der Waals surface area contributed by atoms with Gasteiger partial charge in [0, 0.05) is 11.9 Å². The smallest absolute Gasteiger partial charge is 0.322 e. The second-order valence-corrected chi connectivity index (χ2v) is 6.17. The van der Waals surface area contributed by atoms with Crippen LogP contribution >= 0.6 is 35.0 Å². The molecule has 2 rings (SSSR count). The summed E-state index contributed by atoms with van der Waals surface area (Å²) in [6.07, 6.45) is -0.0140. The SMILES string of the molecule is CNc1nc(OC(C)C)nc(Sc2ccc(Cl)c(Cl)c2)n1. The van der Waals surface area contributed by atoms with Crippen molar-refractivity contribution in [3.8, 4) is 6.01 Å². The Morgan fingerprint density at radius 2 is 1.90 bits per heavy atom. The minimum atomic E-state index is -0.0140. The lowest BCUT2D eigenvalue weighted by Gasteiger charge is -2.10. The molecule has 0 bridgehead atoms. The molecular weight excluding hydrogens is 331 g/mol. The maximum absolute atomic E-state index is 6.00. The molecule has 0 saturated heterocycles. The van der Waals surface area contributed by atoms with Crippen molar-refractivity contribution >= 4 is 40.9 Å². The van der Waals surface area contributed by atoms with Crippen molar-refractivity contribution in [3.63, 3.8) is 0 Å². The summed E-state index contributed by atoms with van der Waals surface area (Å²) in [5.74, 6) is 0.447. The standard InChI is InChI=1S/C13H14Cl2N4OS/c1-7(2)20-12-17-11(16-3)18-13(19-12)21-8-4-5-9(14)10(15)6-8/h4-7H,1-3H3,(H,16,17,18,19). The average molecular weight is 345 g/mol. The molecule has 0 atom stereocenters. The highest BCUT2D eigenvalue weighted by Crippen LogP contribution is 2.31. The zero-order valence-corrected chi connectivity index (χ0v) is 14.1. The van der Waals surface area contributed by atoms with Crippen molar-refractivity contribution in [3.05, 3.63) is 28.2 Å². The average Bonchev–Trinajstić information content (AvgIpc) is 2.42. The van der Waals surface area contributed by atoms with Gasteiger partial charge in [-0.2, -0.15) is 15.0 Å². The van der Waals surface area contributed by atoms with Crippen LogP contribution in [0.2, 0.25) is 10.0 Å². The Hall–Kier alpha value is -1.24. The lowest BCUT2D eigenvalue weighted by atomic mass is 10.4. The molecule has 8 heteroatoms. The molecule has 1 N–H and O–H groups in total. The van der Waals surface area contributed by atoms with Gasteiger partial charge >= 0.3 is 6.01 Å². The van der Waals surface area contributed by atoms with Gasteiger partial charge in [-0.05, 0) is 43.8 Å². The summed E-state index contributed by atoms with van der Waals surface area (Å²) in [7, 11) is 1.74. The van der Waals surface area contributed by atoms with E-state index in [1.54, 1.807) is 19.2 Å². The van der Waals surface area contributed by atoms with Gasteiger partial charge in [0.2, 0.25) is 11.1 Å². The van der Waals surface area contributed by atoms with Gasteiger partial charge in [0.1, 0.15) is 0 Å². The van der Waals surface area contributed by atoms with Gasteiger partial charge in [0.25, 0.3) is 0 Å². The maximum atomic E-state index is 6.00. The van der Waals surface area contributed by atoms with Crippen LogP contribution < -0.4 is 10.1 Å². The first-order valence-corrected chi connectivity index (χ1v) is 7.78. The van der Waals surface area contributed by atoms with Crippen LogP contribution in [0.5, 0.6) is 6.01 Å². The lowest BCUT2D eigenvalue weighted by Crippen LogP contribution is -2.10. The van der Waals surface area contributed by atoms with Crippen molar-refractivity contribution in [1.29, 1.82) is 0 Å². The highest BCUT2D eigenvalue weighted by atomic mass is 35.5. The summed E-state index contributed by atoms with van der Waals surface area (Å²) < 4.78 is 5.52. The number of anilines is 1. The normalized spacial score (nSPS) is 10.8. The van der Waals surface area contributed by atoms with Crippen LogP contribution in [-0.2, 0) is 0 Å². The molecule has 0 unspecified atom stereocenters. The molecule has 21 heavy (non-hydrogen) atoms. The third kappa shape index (κ3) is 4.62. The van der Waals surface area contributed by atoms with Gasteiger partial charge in [-0.1, -0.05) is 23.2 Å². The molecule has 0 amide bonds. The van der Waals surface area contributed by atoms with Crippen LogP contribution in [0.25, 0.3) is 0 Å². The van der Waals surface area contributed by atoms with Crippen molar-refractivity contribution in [2.45, 2.75) is 30.0 Å². The van der Waals surface area contributed by atoms with E-state index in [9.17, 15) is 0 Å². The number of hydrogen-bond acceptors (Lipinski definition) is 6. The van der Waals surface area contributed by atoms with Crippen LogP contribution in [0.4, 0.5) is 5.95 Å². The van der Waals surface area contributed by atoms with Crippen LogP contribution in [0.1, 0.15) is 13.8 Å². The van der Waals surface area contributed by atoms with E-state index in [1.807, 2.05) is 19.9 Å². The minimum Gasteiger partial charge on any atom is -0.461 e. The van der Waals surface area contributed by atoms with E-state index in [0.717, 1.165) is 4.90 Å². The number of rotatable bonds is 5. The summed E-state index contributed by atoms with van der Waals surface area (Å²) in [6.45, 7) is 3.82. The summed E-state index contributed by atoms with van der Waals surface area (Å²) in [5, 5.41) is 4.40. The van der Waals surface area contributed by atoms with E-state index in [0.29, 0.717) is 21.2 Å². The van der Waals surface area contributed by atoms with Crippen molar-refractivity contribution in [1.82, 2.24) is 15.0 Å². The third-order valence-corrected chi connectivity index (χ3v) is 3.85. The van der Waals surface area contributed by atoms with E-state index in [2.05, 4.69) is 20.3 Å². The van der Waals surface area contributed by atoms with Gasteiger partial charge < -0.3 is 10.1 Å². The summed E-state index contributed by atoms with van der Waals surface area (Å²) >= 11 is 13.3. The van der Waals surface area contributed by atoms with Gasteiger partial charge in [-0.3, -0.25) is 0 Å². The van der Waals surface area contributed by atoms with E-state index < -0.39 is 0 Å². The molecule has 1 heterocycles. The number of benzene rings is 1. The first-order chi connectivity index (χ1) is 9.97. The number of nitrogens with one attached hydrogen (secondary N) is 1. The van der Waals surface area contributed by atoms with Crippen LogP contribution in [0.15, 0.2) is 28.3 Å². The highest BCUT2D eigenvalue weighted by Gasteiger charge is 2.10. The summed E-state index contributed by atoms with van der Waals surface area (Å²) in [5.41, 5.74) is 0. The third-order valence-electron chi connectivity index (χ3n) is 2.26. The zero-order chi connectivity index (χ0) is 15.4. The number of hydrogen-bond donors (Lipinski definition) is 1. The van der Waals surface area contributed by atoms with Gasteiger partial charge in [0.05, 0.1) is 16.1 Å². The fourth-order valence-corrected chi connectivity index (χ4v) is 2.55. The van der Waals surface area contributed by atoms with Crippen molar-refractivity contribution in [2.75, 3.05) is 12.4 Å². The highest BCUT2D eigenvalue weighted by molar-refractivity contribution is 7.99. The summed E-state index contributed by atoms with van der Waals surface area (Å²) in [4.78, 5) is 13.6. The molecule has 0 saturated carbocycles. The first kappa shape index (κ1) is 16.1. The Morgan fingerprint density at radius 3 is 2.52 bits per heavy atom. The predicted molar refractivity (Wildman–Crippen MR) is 85.7 cm³/mol. The predicted octanol–water partition coefficient (Wildman–Crippen LogP) is 4.16. The molecule has 0 aliphatic heterocycles. The molecule has 2 aromatic rings. The molecule has 0 fully saturated rings. The molecule has 0 radical (unpaired) electrons. The molecule has 1 aromatic heterocycles. The second-order valence-electron chi connectivity index (χ2n) is 4.32. The Bertz CT molecular complexity index is 640. The van der Waals surface area contributed by atoms with Crippen LogP contribution in [0.3, 0.4) is 0 Å². The Kier molecular flexibility index (Phi) is 5.50. The molecule has 5 nitrogen and oxygen atoms in total. The maximum Gasteiger partial charge on any atom is 0.322 e. The largest absolute Gasteiger partial charge is 0.461 e. The lowest BCUT2D eigenvalue weighted by molar-refractivity contribution is 0.219.